The van der Waals surface area contributed by atoms with Gasteiger partial charge < -0.3 is 9.88 Å². The van der Waals surface area contributed by atoms with E-state index >= 15 is 0 Å². The Kier molecular flexibility index (Phi) is 6.84. The number of halogens is 4. The third kappa shape index (κ3) is 5.09. The lowest BCUT2D eigenvalue weighted by molar-refractivity contribution is -0.109. The maximum Gasteiger partial charge on any atom is 0.260 e. The maximum atomic E-state index is 13.6. The van der Waals surface area contributed by atoms with Crippen molar-refractivity contribution in [2.75, 3.05) is 11.4 Å². The van der Waals surface area contributed by atoms with Gasteiger partial charge in [-0.1, -0.05) is 41.4 Å². The van der Waals surface area contributed by atoms with Crippen molar-refractivity contribution in [1.29, 1.82) is 0 Å². The molecule has 7 nitrogen and oxygen atoms in total. The molecule has 2 aromatic heterocycles. The second-order valence-corrected chi connectivity index (χ2v) is 11.4. The molecule has 1 aliphatic carbocycles. The van der Waals surface area contributed by atoms with Gasteiger partial charge in [0.15, 0.2) is 5.82 Å². The number of aromatic nitrogens is 4. The fourth-order valence-corrected chi connectivity index (χ4v) is 5.80. The molecule has 1 N–H and O–H groups in total. The second-order valence-electron chi connectivity index (χ2n) is 10.6. The summed E-state index contributed by atoms with van der Waals surface area (Å²) in [6, 6.07) is 14.8. The molecule has 6 rings (SSSR count). The molecule has 1 unspecified atom stereocenters. The molecular weight excluding hydrogens is 557 g/mol. The molecule has 0 saturated heterocycles. The molecule has 1 aliphatic heterocycles. The fourth-order valence-electron chi connectivity index (χ4n) is 5.41. The smallest absolute Gasteiger partial charge is 0.260 e. The highest BCUT2D eigenvalue weighted by molar-refractivity contribution is 6.31. The van der Waals surface area contributed by atoms with E-state index in [0.29, 0.717) is 35.3 Å². The number of fused-ring (bicyclic) bond motifs is 1. The molecule has 3 heterocycles. The fraction of sp³-hybridized carbons (Fsp3) is 0.310. The minimum Gasteiger partial charge on any atom is -0.317 e. The van der Waals surface area contributed by atoms with Crippen LogP contribution in [0.15, 0.2) is 54.9 Å². The number of rotatable bonds is 7. The van der Waals surface area contributed by atoms with Crippen LogP contribution in [-0.2, 0) is 13.6 Å². The first kappa shape index (κ1) is 26.8. The number of alkyl halides is 2. The summed E-state index contributed by atoms with van der Waals surface area (Å²) in [6.45, 7) is 2.79. The van der Waals surface area contributed by atoms with Crippen LogP contribution in [0.3, 0.4) is 0 Å². The third-order valence-electron chi connectivity index (χ3n) is 7.63. The van der Waals surface area contributed by atoms with Gasteiger partial charge in [0.2, 0.25) is 5.92 Å². The number of amides is 1. The quantitative estimate of drug-likeness (QED) is 0.245. The molecule has 40 heavy (non-hydrogen) atoms. The monoisotopic (exact) mass is 582 g/mol. The van der Waals surface area contributed by atoms with E-state index < -0.39 is 5.92 Å². The van der Waals surface area contributed by atoms with Gasteiger partial charge >= 0.3 is 0 Å². The van der Waals surface area contributed by atoms with E-state index in [1.165, 1.54) is 0 Å². The molecular formula is C29H26Cl2F2N6O. The average molecular weight is 583 g/mol. The zero-order chi connectivity index (χ0) is 28.2. The number of hydrogen-bond acceptors (Lipinski definition) is 5. The molecule has 1 saturated carbocycles. The van der Waals surface area contributed by atoms with Crippen molar-refractivity contribution in [3.05, 3.63) is 81.7 Å². The summed E-state index contributed by atoms with van der Waals surface area (Å²) in [4.78, 5) is 19.7. The van der Waals surface area contributed by atoms with Crippen molar-refractivity contribution in [3.8, 4) is 22.5 Å². The predicted octanol–water partition coefficient (Wildman–Crippen LogP) is 6.71. The van der Waals surface area contributed by atoms with Crippen molar-refractivity contribution in [2.24, 2.45) is 13.0 Å². The standard InChI is InChI=1S/C29H26Cl2F2N6O/c1-16(34-13-17-11-29(32,33)12-17)20-8-25(31)36-26(9-20)39-14-19-4-3-18(7-23(19)28(39)40)22-6-5-21(30)10-24(22)27-37-35-15-38(27)2/h3-10,15-17,34H,11-14H2,1-2H3. The second kappa shape index (κ2) is 10.2. The Balaban J connectivity index is 1.25. The number of aryl methyl sites for hydroxylation is 1. The minimum absolute atomic E-state index is 0.0482. The Labute approximate surface area is 240 Å². The summed E-state index contributed by atoms with van der Waals surface area (Å²) in [5.74, 6) is -1.66. The van der Waals surface area contributed by atoms with E-state index in [1.54, 1.807) is 23.4 Å². The summed E-state index contributed by atoms with van der Waals surface area (Å²) in [5.41, 5.74) is 4.83. The van der Waals surface area contributed by atoms with Gasteiger partial charge in [-0.15, -0.1) is 10.2 Å². The number of anilines is 1. The number of hydrogen-bond donors (Lipinski definition) is 1. The summed E-state index contributed by atoms with van der Waals surface area (Å²) in [5, 5.41) is 12.4. The Morgan fingerprint density at radius 2 is 1.88 bits per heavy atom. The Bertz CT molecular complexity index is 1620. The normalized spacial score (nSPS) is 17.1. The van der Waals surface area contributed by atoms with Gasteiger partial charge in [-0.25, -0.2) is 13.8 Å². The molecule has 0 radical (unpaired) electrons. The Morgan fingerprint density at radius 1 is 1.07 bits per heavy atom. The van der Waals surface area contributed by atoms with Gasteiger partial charge in [-0.2, -0.15) is 0 Å². The molecule has 0 spiro atoms. The highest BCUT2D eigenvalue weighted by Crippen LogP contribution is 2.42. The van der Waals surface area contributed by atoms with E-state index in [1.807, 2.05) is 54.9 Å². The molecule has 2 aliphatic rings. The first-order valence-corrected chi connectivity index (χ1v) is 13.7. The van der Waals surface area contributed by atoms with Crippen molar-refractivity contribution < 1.29 is 13.6 Å². The molecule has 11 heteroatoms. The third-order valence-corrected chi connectivity index (χ3v) is 8.05. The number of carbonyl (C=O) groups excluding carboxylic acids is 1. The van der Waals surface area contributed by atoms with Crippen LogP contribution in [0, 0.1) is 5.92 Å². The van der Waals surface area contributed by atoms with Crippen LogP contribution in [0.4, 0.5) is 14.6 Å². The molecule has 1 fully saturated rings. The Morgan fingerprint density at radius 3 is 2.60 bits per heavy atom. The molecule has 0 bridgehead atoms. The van der Waals surface area contributed by atoms with Gasteiger partial charge in [-0.05, 0) is 72.0 Å². The van der Waals surface area contributed by atoms with Crippen molar-refractivity contribution in [3.63, 3.8) is 0 Å². The van der Waals surface area contributed by atoms with Crippen LogP contribution in [0.2, 0.25) is 10.2 Å². The van der Waals surface area contributed by atoms with Gasteiger partial charge in [0, 0.05) is 42.1 Å². The number of nitrogens with zero attached hydrogens (tertiary/aromatic N) is 5. The zero-order valence-corrected chi connectivity index (χ0v) is 23.3. The number of pyridine rings is 1. The molecule has 2 aromatic carbocycles. The Hall–Kier alpha value is -3.40. The van der Waals surface area contributed by atoms with E-state index in [0.717, 1.165) is 27.8 Å². The van der Waals surface area contributed by atoms with E-state index in [2.05, 4.69) is 20.5 Å². The zero-order valence-electron chi connectivity index (χ0n) is 21.8. The lowest BCUT2D eigenvalue weighted by atomic mass is 9.81. The van der Waals surface area contributed by atoms with Crippen LogP contribution < -0.4 is 10.2 Å². The average Bonchev–Trinajstić information content (AvgIpc) is 3.48. The summed E-state index contributed by atoms with van der Waals surface area (Å²) >= 11 is 12.7. The van der Waals surface area contributed by atoms with Crippen molar-refractivity contribution in [1.82, 2.24) is 25.1 Å². The molecule has 206 valence electrons. The molecule has 4 aromatic rings. The highest BCUT2D eigenvalue weighted by Gasteiger charge is 2.44. The predicted molar refractivity (Wildman–Crippen MR) is 151 cm³/mol. The van der Waals surface area contributed by atoms with Crippen LogP contribution in [0.1, 0.15) is 47.3 Å². The lowest BCUT2D eigenvalue weighted by Gasteiger charge is -2.35. The summed E-state index contributed by atoms with van der Waals surface area (Å²) in [7, 11) is 1.86. The van der Waals surface area contributed by atoms with Gasteiger partial charge in [0.05, 0.1) is 6.54 Å². The topological polar surface area (TPSA) is 75.9 Å². The first-order valence-electron chi connectivity index (χ1n) is 13.0. The van der Waals surface area contributed by atoms with Crippen molar-refractivity contribution in [2.45, 2.75) is 38.3 Å². The van der Waals surface area contributed by atoms with Gasteiger partial charge in [-0.3, -0.25) is 9.69 Å². The lowest BCUT2D eigenvalue weighted by Crippen LogP contribution is -2.41. The van der Waals surface area contributed by atoms with Crippen LogP contribution in [0.5, 0.6) is 0 Å². The van der Waals surface area contributed by atoms with Crippen LogP contribution in [-0.4, -0.2) is 38.1 Å². The van der Waals surface area contributed by atoms with E-state index in [4.69, 9.17) is 23.2 Å². The molecule has 1 amide bonds. The summed E-state index contributed by atoms with van der Waals surface area (Å²) < 4.78 is 28.2. The largest absolute Gasteiger partial charge is 0.317 e. The summed E-state index contributed by atoms with van der Waals surface area (Å²) in [6.07, 6.45) is 1.44. The maximum absolute atomic E-state index is 13.6. The van der Waals surface area contributed by atoms with E-state index in [-0.39, 0.29) is 35.9 Å². The molecule has 1 atom stereocenters. The van der Waals surface area contributed by atoms with Crippen LogP contribution >= 0.6 is 23.2 Å². The number of carbonyl (C=O) groups is 1. The minimum atomic E-state index is -2.54. The van der Waals surface area contributed by atoms with Crippen molar-refractivity contribution >= 4 is 34.9 Å². The van der Waals surface area contributed by atoms with Gasteiger partial charge in [0.25, 0.3) is 5.91 Å². The van der Waals surface area contributed by atoms with Gasteiger partial charge in [0.1, 0.15) is 17.3 Å². The van der Waals surface area contributed by atoms with Crippen LogP contribution in [0.25, 0.3) is 22.5 Å². The van der Waals surface area contributed by atoms with E-state index in [9.17, 15) is 13.6 Å². The number of benzene rings is 2. The number of nitrogens with one attached hydrogen (secondary N) is 1. The highest BCUT2D eigenvalue weighted by atomic mass is 35.5. The SMILES string of the molecule is CC(NCC1CC(F)(F)C1)c1cc(Cl)nc(N2Cc3ccc(-c4ccc(Cl)cc4-c4nncn4C)cc3C2=O)c1. The first-order chi connectivity index (χ1) is 19.1.